The normalized spacial score (nSPS) is 11.3. The molecular formula is C16H13FN4O3S2. The molecule has 0 aliphatic heterocycles. The van der Waals surface area contributed by atoms with Crippen LogP contribution in [0.1, 0.15) is 17.4 Å². The van der Waals surface area contributed by atoms with Crippen molar-refractivity contribution in [3.63, 3.8) is 0 Å². The molecule has 0 spiro atoms. The molecule has 1 amide bonds. The van der Waals surface area contributed by atoms with Crippen molar-refractivity contribution in [1.29, 1.82) is 0 Å². The Balaban J connectivity index is 1.88. The second-order valence-corrected chi connectivity index (χ2v) is 8.21. The van der Waals surface area contributed by atoms with E-state index in [4.69, 9.17) is 0 Å². The Morgan fingerprint density at radius 3 is 2.81 bits per heavy atom. The van der Waals surface area contributed by atoms with E-state index in [-0.39, 0.29) is 11.4 Å². The summed E-state index contributed by atoms with van der Waals surface area (Å²) in [6.07, 6.45) is 4.16. The molecule has 0 aliphatic carbocycles. The monoisotopic (exact) mass is 392 g/mol. The molecule has 26 heavy (non-hydrogen) atoms. The molecule has 0 unspecified atom stereocenters. The summed E-state index contributed by atoms with van der Waals surface area (Å²) < 4.78 is 38.3. The molecule has 7 nitrogen and oxygen atoms in total. The molecule has 3 aromatic rings. The van der Waals surface area contributed by atoms with Crippen molar-refractivity contribution in [2.75, 3.05) is 5.75 Å². The van der Waals surface area contributed by atoms with Crippen LogP contribution in [-0.4, -0.2) is 35.0 Å². The van der Waals surface area contributed by atoms with Gasteiger partial charge in [0.2, 0.25) is 10.0 Å². The molecule has 0 aliphatic rings. The Labute approximate surface area is 153 Å². The van der Waals surface area contributed by atoms with E-state index in [1.54, 1.807) is 18.3 Å². The molecule has 0 saturated carbocycles. The molecule has 0 radical (unpaired) electrons. The number of pyridine rings is 2. The van der Waals surface area contributed by atoms with Crippen LogP contribution in [0.15, 0.2) is 42.9 Å². The van der Waals surface area contributed by atoms with Gasteiger partial charge in [-0.1, -0.05) is 6.07 Å². The predicted molar refractivity (Wildman–Crippen MR) is 95.5 cm³/mol. The smallest absolute Gasteiger partial charge is 0.266 e. The number of carbonyl (C=O) groups is 1. The second-order valence-electron chi connectivity index (χ2n) is 5.16. The largest absolute Gasteiger partial charge is 0.283 e. The van der Waals surface area contributed by atoms with Crippen molar-refractivity contribution in [3.05, 3.63) is 54.4 Å². The van der Waals surface area contributed by atoms with Crippen LogP contribution in [0.5, 0.6) is 0 Å². The van der Waals surface area contributed by atoms with Crippen molar-refractivity contribution in [2.24, 2.45) is 0 Å². The number of sulfonamides is 1. The Bertz CT molecular complexity index is 1070. The quantitative estimate of drug-likeness (QED) is 0.716. The van der Waals surface area contributed by atoms with Crippen LogP contribution in [0.3, 0.4) is 0 Å². The van der Waals surface area contributed by atoms with Crippen LogP contribution >= 0.6 is 11.3 Å². The second kappa shape index (κ2) is 7.26. The highest BCUT2D eigenvalue weighted by Gasteiger charge is 2.16. The molecular weight excluding hydrogens is 379 g/mol. The zero-order chi connectivity index (χ0) is 18.7. The minimum absolute atomic E-state index is 0.0260. The first-order valence-electron chi connectivity index (χ1n) is 7.47. The number of rotatable bonds is 5. The predicted octanol–water partition coefficient (Wildman–Crippen LogP) is 2.49. The van der Waals surface area contributed by atoms with Gasteiger partial charge in [-0.3, -0.25) is 9.78 Å². The third-order valence-corrected chi connectivity index (χ3v) is 5.65. The fourth-order valence-corrected chi connectivity index (χ4v) is 3.42. The van der Waals surface area contributed by atoms with Gasteiger partial charge in [0.1, 0.15) is 16.5 Å². The summed E-state index contributed by atoms with van der Waals surface area (Å²) in [6.45, 7) is 1.43. The minimum atomic E-state index is -3.67. The number of nitrogens with zero attached hydrogens (tertiary/aromatic N) is 3. The Kier molecular flexibility index (Phi) is 5.05. The molecule has 3 rings (SSSR count). The summed E-state index contributed by atoms with van der Waals surface area (Å²) in [5, 5.41) is 0.553. The average Bonchev–Trinajstić information content (AvgIpc) is 3.12. The lowest BCUT2D eigenvalue weighted by molar-refractivity contribution is 0.0976. The number of nitrogens with one attached hydrogen (secondary N) is 1. The average molecular weight is 392 g/mol. The van der Waals surface area contributed by atoms with Crippen LogP contribution in [0.25, 0.3) is 21.1 Å². The number of halogens is 1. The Morgan fingerprint density at radius 1 is 1.27 bits per heavy atom. The van der Waals surface area contributed by atoms with E-state index >= 15 is 0 Å². The van der Waals surface area contributed by atoms with E-state index in [0.29, 0.717) is 21.1 Å². The molecule has 3 aromatic heterocycles. The van der Waals surface area contributed by atoms with E-state index in [2.05, 4.69) is 15.0 Å². The summed E-state index contributed by atoms with van der Waals surface area (Å²) in [4.78, 5) is 24.9. The molecule has 0 aromatic carbocycles. The fourth-order valence-electron chi connectivity index (χ4n) is 2.02. The maximum absolute atomic E-state index is 13.3. The van der Waals surface area contributed by atoms with Crippen LogP contribution in [0.2, 0.25) is 0 Å². The van der Waals surface area contributed by atoms with E-state index in [9.17, 15) is 17.6 Å². The SMILES string of the molecule is CCS(=O)(=O)NC(=O)c1cccc(-c2cnc(-c3cncc(F)c3)s2)n1. The summed E-state index contributed by atoms with van der Waals surface area (Å²) in [7, 11) is -3.67. The van der Waals surface area contributed by atoms with Crippen molar-refractivity contribution < 1.29 is 17.6 Å². The molecule has 0 saturated heterocycles. The first kappa shape index (κ1) is 18.1. The lowest BCUT2D eigenvalue weighted by Gasteiger charge is -2.05. The van der Waals surface area contributed by atoms with Gasteiger partial charge in [0.05, 0.1) is 22.5 Å². The highest BCUT2D eigenvalue weighted by Crippen LogP contribution is 2.31. The van der Waals surface area contributed by atoms with Crippen LogP contribution in [0, 0.1) is 5.82 Å². The van der Waals surface area contributed by atoms with E-state index in [1.807, 2.05) is 4.72 Å². The van der Waals surface area contributed by atoms with Crippen molar-refractivity contribution in [2.45, 2.75) is 6.92 Å². The zero-order valence-electron chi connectivity index (χ0n) is 13.5. The van der Waals surface area contributed by atoms with Gasteiger partial charge >= 0.3 is 0 Å². The van der Waals surface area contributed by atoms with Gasteiger partial charge in [-0.2, -0.15) is 0 Å². The van der Waals surface area contributed by atoms with Gasteiger partial charge in [0.15, 0.2) is 0 Å². The summed E-state index contributed by atoms with van der Waals surface area (Å²) >= 11 is 1.26. The van der Waals surface area contributed by atoms with E-state index < -0.39 is 21.7 Å². The van der Waals surface area contributed by atoms with Gasteiger partial charge in [-0.25, -0.2) is 27.5 Å². The lowest BCUT2D eigenvalue weighted by Crippen LogP contribution is -2.32. The third kappa shape index (κ3) is 4.09. The summed E-state index contributed by atoms with van der Waals surface area (Å²) in [5.41, 5.74) is 0.964. The van der Waals surface area contributed by atoms with Gasteiger partial charge in [0, 0.05) is 18.0 Å². The number of amides is 1. The van der Waals surface area contributed by atoms with Crippen LogP contribution in [0.4, 0.5) is 4.39 Å². The van der Waals surface area contributed by atoms with Crippen molar-refractivity contribution >= 4 is 27.3 Å². The van der Waals surface area contributed by atoms with Crippen molar-refractivity contribution in [1.82, 2.24) is 19.7 Å². The molecule has 0 atom stereocenters. The molecule has 10 heteroatoms. The Hall–Kier alpha value is -2.72. The standard InChI is InChI=1S/C16H13FN4O3S2/c1-2-26(23,24)21-15(22)13-5-3-4-12(20-13)14-9-19-16(25-14)10-6-11(17)8-18-7-10/h3-9H,2H2,1H3,(H,21,22). The first-order chi connectivity index (χ1) is 12.4. The molecule has 0 bridgehead atoms. The highest BCUT2D eigenvalue weighted by molar-refractivity contribution is 7.90. The van der Waals surface area contributed by atoms with E-state index in [1.165, 1.54) is 36.6 Å². The molecule has 134 valence electrons. The lowest BCUT2D eigenvalue weighted by atomic mass is 10.2. The van der Waals surface area contributed by atoms with Gasteiger partial charge < -0.3 is 0 Å². The maximum atomic E-state index is 13.3. The maximum Gasteiger partial charge on any atom is 0.283 e. The van der Waals surface area contributed by atoms with Crippen LogP contribution in [-0.2, 0) is 10.0 Å². The molecule has 3 heterocycles. The van der Waals surface area contributed by atoms with Gasteiger partial charge in [0.25, 0.3) is 5.91 Å². The number of hydrogen-bond acceptors (Lipinski definition) is 7. The molecule has 0 fully saturated rings. The van der Waals surface area contributed by atoms with Crippen molar-refractivity contribution in [3.8, 4) is 21.1 Å². The first-order valence-corrected chi connectivity index (χ1v) is 9.94. The highest BCUT2D eigenvalue weighted by atomic mass is 32.2. The number of carbonyl (C=O) groups excluding carboxylic acids is 1. The summed E-state index contributed by atoms with van der Waals surface area (Å²) in [5.74, 6) is -1.47. The number of hydrogen-bond donors (Lipinski definition) is 1. The van der Waals surface area contributed by atoms with Crippen LogP contribution < -0.4 is 4.72 Å². The minimum Gasteiger partial charge on any atom is -0.266 e. The number of thiazole rings is 1. The van der Waals surface area contributed by atoms with Gasteiger partial charge in [-0.15, -0.1) is 11.3 Å². The number of aromatic nitrogens is 3. The topological polar surface area (TPSA) is 102 Å². The van der Waals surface area contributed by atoms with E-state index in [0.717, 1.165) is 6.20 Å². The Morgan fingerprint density at radius 2 is 2.08 bits per heavy atom. The molecule has 1 N–H and O–H groups in total. The summed E-state index contributed by atoms with van der Waals surface area (Å²) in [6, 6.07) is 6.01. The zero-order valence-corrected chi connectivity index (χ0v) is 15.1. The third-order valence-electron chi connectivity index (χ3n) is 3.32. The fraction of sp³-hybridized carbons (Fsp3) is 0.125. The van der Waals surface area contributed by atoms with Gasteiger partial charge in [-0.05, 0) is 25.1 Å².